The van der Waals surface area contributed by atoms with E-state index in [0.29, 0.717) is 16.9 Å². The van der Waals surface area contributed by atoms with Gasteiger partial charge in [0.25, 0.3) is 0 Å². The molecule has 0 N–H and O–H groups in total. The van der Waals surface area contributed by atoms with Gasteiger partial charge in [-0.25, -0.2) is 0 Å². The van der Waals surface area contributed by atoms with Crippen LogP contribution in [0.15, 0.2) is 36.7 Å². The first-order valence-corrected chi connectivity index (χ1v) is 5.89. The maximum absolute atomic E-state index is 11.9. The Hall–Kier alpha value is -2.54. The lowest BCUT2D eigenvalue weighted by atomic mass is 10.1. The minimum Gasteiger partial charge on any atom is -0.485 e. The van der Waals surface area contributed by atoms with E-state index in [-0.39, 0.29) is 12.4 Å². The van der Waals surface area contributed by atoms with Crippen molar-refractivity contribution in [1.29, 1.82) is 5.26 Å². The van der Waals surface area contributed by atoms with Crippen LogP contribution < -0.4 is 4.74 Å². The average molecular weight is 254 g/mol. The quantitative estimate of drug-likeness (QED) is 0.787. The van der Waals surface area contributed by atoms with Gasteiger partial charge in [-0.15, -0.1) is 0 Å². The first kappa shape index (κ1) is 12.9. The molecule has 0 aliphatic rings. The lowest BCUT2D eigenvalue weighted by Gasteiger charge is -2.08. The van der Waals surface area contributed by atoms with Gasteiger partial charge in [0.05, 0.1) is 11.6 Å². The Morgan fingerprint density at radius 2 is 2.21 bits per heavy atom. The molecule has 1 heterocycles. The Morgan fingerprint density at radius 1 is 1.42 bits per heavy atom. The average Bonchev–Trinajstić information content (AvgIpc) is 2.84. The van der Waals surface area contributed by atoms with Crippen molar-refractivity contribution >= 4 is 5.78 Å². The molecule has 2 rings (SSSR count). The van der Waals surface area contributed by atoms with E-state index in [1.165, 1.54) is 0 Å². The van der Waals surface area contributed by atoms with E-state index >= 15 is 0 Å². The van der Waals surface area contributed by atoms with Crippen molar-refractivity contribution < 1.29 is 9.53 Å². The van der Waals surface area contributed by atoms with Crippen molar-refractivity contribution in [2.45, 2.75) is 6.92 Å². The van der Waals surface area contributed by atoms with Gasteiger partial charge in [0.2, 0.25) is 5.78 Å². The van der Waals surface area contributed by atoms with E-state index < -0.39 is 0 Å². The lowest BCUT2D eigenvalue weighted by molar-refractivity contribution is 0.0921. The summed E-state index contributed by atoms with van der Waals surface area (Å²) in [5, 5.41) is 8.84. The molecule has 0 amide bonds. The molecule has 1 aromatic carbocycles. The summed E-state index contributed by atoms with van der Waals surface area (Å²) in [6, 6.07) is 8.98. The summed E-state index contributed by atoms with van der Waals surface area (Å²) in [5.41, 5.74) is 2.05. The fourth-order valence-corrected chi connectivity index (χ4v) is 1.72. The molecule has 0 atom stereocenters. The number of benzene rings is 1. The summed E-state index contributed by atoms with van der Waals surface area (Å²) in [5.74, 6) is 0.491. The van der Waals surface area contributed by atoms with Gasteiger partial charge in [0.1, 0.15) is 5.75 Å². The van der Waals surface area contributed by atoms with Crippen molar-refractivity contribution in [2.75, 3.05) is 6.61 Å². The molecule has 0 aliphatic carbocycles. The molecule has 0 radical (unpaired) electrons. The molecule has 1 aromatic heterocycles. The van der Waals surface area contributed by atoms with Crippen LogP contribution in [-0.4, -0.2) is 17.0 Å². The maximum Gasteiger partial charge on any atom is 0.201 e. The zero-order valence-electron chi connectivity index (χ0n) is 10.9. The highest BCUT2D eigenvalue weighted by molar-refractivity contribution is 5.97. The maximum atomic E-state index is 11.9. The van der Waals surface area contributed by atoms with Crippen molar-refractivity contribution in [2.24, 2.45) is 7.05 Å². The molecular weight excluding hydrogens is 240 g/mol. The Kier molecular flexibility index (Phi) is 3.67. The Labute approximate surface area is 111 Å². The number of Topliss-reactive ketones (excluding diaryl/α,β-unsaturated/α-hetero) is 1. The summed E-state index contributed by atoms with van der Waals surface area (Å²) in [4.78, 5) is 11.9. The second kappa shape index (κ2) is 5.40. The molecule has 0 saturated carbocycles. The number of carbonyl (C=O) groups is 1. The molecule has 4 heteroatoms. The molecule has 4 nitrogen and oxygen atoms in total. The number of hydrogen-bond donors (Lipinski definition) is 0. The van der Waals surface area contributed by atoms with E-state index in [2.05, 4.69) is 0 Å². The van der Waals surface area contributed by atoms with Crippen molar-refractivity contribution in [3.8, 4) is 11.8 Å². The predicted octanol–water partition coefficient (Wildman–Crippen LogP) is 2.47. The number of ketones is 1. The number of aromatic nitrogens is 1. The molecule has 0 unspecified atom stereocenters. The first-order valence-electron chi connectivity index (χ1n) is 5.89. The summed E-state index contributed by atoms with van der Waals surface area (Å²) in [6.45, 7) is 1.85. The van der Waals surface area contributed by atoms with Gasteiger partial charge in [-0.1, -0.05) is 6.07 Å². The number of rotatable bonds is 4. The van der Waals surface area contributed by atoms with Crippen LogP contribution in [0.4, 0.5) is 0 Å². The summed E-state index contributed by atoms with van der Waals surface area (Å²) >= 11 is 0. The van der Waals surface area contributed by atoms with Crippen molar-refractivity contribution in [3.63, 3.8) is 0 Å². The van der Waals surface area contributed by atoms with E-state index in [1.807, 2.05) is 30.8 Å². The molecule has 0 aliphatic heterocycles. The third kappa shape index (κ3) is 3.02. The number of nitrogens with zero attached hydrogens (tertiary/aromatic N) is 2. The Morgan fingerprint density at radius 3 is 2.84 bits per heavy atom. The van der Waals surface area contributed by atoms with Gasteiger partial charge in [0, 0.05) is 25.0 Å². The lowest BCUT2D eigenvalue weighted by Crippen LogP contribution is -2.11. The predicted molar refractivity (Wildman–Crippen MR) is 71.1 cm³/mol. The fourth-order valence-electron chi connectivity index (χ4n) is 1.72. The van der Waals surface area contributed by atoms with Crippen LogP contribution in [0.5, 0.6) is 5.75 Å². The van der Waals surface area contributed by atoms with Gasteiger partial charge in [-0.2, -0.15) is 5.26 Å². The topological polar surface area (TPSA) is 55.0 Å². The highest BCUT2D eigenvalue weighted by atomic mass is 16.5. The number of carbonyl (C=O) groups excluding carboxylic acids is 1. The van der Waals surface area contributed by atoms with Crippen molar-refractivity contribution in [3.05, 3.63) is 53.3 Å². The molecule has 0 spiro atoms. The second-order valence-corrected chi connectivity index (χ2v) is 4.37. The van der Waals surface area contributed by atoms with Gasteiger partial charge in [-0.3, -0.25) is 4.79 Å². The van der Waals surface area contributed by atoms with Gasteiger partial charge in [0.15, 0.2) is 6.61 Å². The molecule has 0 fully saturated rings. The van der Waals surface area contributed by atoms with Crippen LogP contribution in [0.3, 0.4) is 0 Å². The Bertz CT molecular complexity index is 650. The summed E-state index contributed by atoms with van der Waals surface area (Å²) in [7, 11) is 1.86. The van der Waals surface area contributed by atoms with Crippen LogP contribution in [0.2, 0.25) is 0 Å². The minimum absolute atomic E-state index is 0.0280. The Balaban J connectivity index is 2.07. The highest BCUT2D eigenvalue weighted by Crippen LogP contribution is 2.19. The molecule has 0 saturated heterocycles. The molecule has 2 aromatic rings. The standard InChI is InChI=1S/C15H14N2O2/c1-11-3-4-12(8-16)7-15(11)19-10-14(18)13-5-6-17(2)9-13/h3-7,9H,10H2,1-2H3. The summed E-state index contributed by atoms with van der Waals surface area (Å²) < 4.78 is 7.31. The third-order valence-electron chi connectivity index (χ3n) is 2.83. The number of aryl methyl sites for hydroxylation is 2. The fraction of sp³-hybridized carbons (Fsp3) is 0.200. The SMILES string of the molecule is Cc1ccc(C#N)cc1OCC(=O)c1ccn(C)c1. The molecule has 0 bridgehead atoms. The molecule has 19 heavy (non-hydrogen) atoms. The molecule has 96 valence electrons. The van der Waals surface area contributed by atoms with Crippen LogP contribution in [0, 0.1) is 18.3 Å². The van der Waals surface area contributed by atoms with E-state index in [4.69, 9.17) is 10.00 Å². The monoisotopic (exact) mass is 254 g/mol. The summed E-state index contributed by atoms with van der Waals surface area (Å²) in [6.07, 6.45) is 3.57. The highest BCUT2D eigenvalue weighted by Gasteiger charge is 2.09. The van der Waals surface area contributed by atoms with E-state index in [9.17, 15) is 4.79 Å². The van der Waals surface area contributed by atoms with Crippen LogP contribution in [0.1, 0.15) is 21.5 Å². The van der Waals surface area contributed by atoms with Gasteiger partial charge < -0.3 is 9.30 Å². The molecular formula is C15H14N2O2. The van der Waals surface area contributed by atoms with Gasteiger partial charge in [-0.05, 0) is 30.7 Å². The number of nitriles is 1. The smallest absolute Gasteiger partial charge is 0.201 e. The number of ether oxygens (including phenoxy) is 1. The first-order chi connectivity index (χ1) is 9.10. The normalized spacial score (nSPS) is 9.95. The van der Waals surface area contributed by atoms with Crippen LogP contribution >= 0.6 is 0 Å². The number of hydrogen-bond acceptors (Lipinski definition) is 3. The minimum atomic E-state index is -0.0811. The van der Waals surface area contributed by atoms with Crippen LogP contribution in [0.25, 0.3) is 0 Å². The van der Waals surface area contributed by atoms with Gasteiger partial charge >= 0.3 is 0 Å². The largest absolute Gasteiger partial charge is 0.485 e. The van der Waals surface area contributed by atoms with E-state index in [0.717, 1.165) is 5.56 Å². The zero-order valence-corrected chi connectivity index (χ0v) is 10.9. The second-order valence-electron chi connectivity index (χ2n) is 4.37. The van der Waals surface area contributed by atoms with Crippen LogP contribution in [-0.2, 0) is 7.05 Å². The third-order valence-corrected chi connectivity index (χ3v) is 2.83. The van der Waals surface area contributed by atoms with Crippen molar-refractivity contribution in [1.82, 2.24) is 4.57 Å². The zero-order chi connectivity index (χ0) is 13.8. The van der Waals surface area contributed by atoms with E-state index in [1.54, 1.807) is 30.5 Å².